The number of anilines is 1. The molecule has 3 atom stereocenters. The van der Waals surface area contributed by atoms with E-state index in [9.17, 15) is 27.6 Å². The maximum absolute atomic E-state index is 14.0. The van der Waals surface area contributed by atoms with E-state index in [4.69, 9.17) is 22.1 Å². The Hall–Kier alpha value is -3.75. The third-order valence-corrected chi connectivity index (χ3v) is 11.3. The lowest BCUT2D eigenvalue weighted by atomic mass is 9.99. The fourth-order valence-corrected chi connectivity index (χ4v) is 8.57. The second kappa shape index (κ2) is 13.2. The highest BCUT2D eigenvalue weighted by molar-refractivity contribution is 6.33. The lowest BCUT2D eigenvalue weighted by Gasteiger charge is -2.42. The number of piperazine rings is 1. The van der Waals surface area contributed by atoms with Crippen LogP contribution in [-0.2, 0) is 22.1 Å². The number of carbonyl (C=O) groups is 2. The van der Waals surface area contributed by atoms with Crippen molar-refractivity contribution in [3.05, 3.63) is 63.0 Å². The van der Waals surface area contributed by atoms with Crippen LogP contribution in [0.25, 0.3) is 11.0 Å². The Morgan fingerprint density at radius 1 is 0.980 bits per heavy atom. The zero-order chi connectivity index (χ0) is 34.6. The van der Waals surface area contributed by atoms with Crippen LogP contribution in [0, 0.1) is 0 Å². The van der Waals surface area contributed by atoms with E-state index in [1.165, 1.54) is 11.0 Å². The number of nitrogens with one attached hydrogen (secondary N) is 1. The number of aromatic nitrogens is 2. The Bertz CT molecular complexity index is 1780. The highest BCUT2D eigenvalue weighted by Gasteiger charge is 2.45. The lowest BCUT2D eigenvalue weighted by molar-refractivity contribution is -0.142. The van der Waals surface area contributed by atoms with Gasteiger partial charge in [0, 0.05) is 69.9 Å². The first kappa shape index (κ1) is 33.7. The van der Waals surface area contributed by atoms with Crippen LogP contribution in [0.2, 0.25) is 5.02 Å². The number of alkyl halides is 3. The number of fused-ring (bicyclic) bond motifs is 3. The number of ether oxygens (including phenoxy) is 1. The fraction of sp³-hybridized carbons (Fsp3) is 0.559. The molecule has 4 saturated heterocycles. The van der Waals surface area contributed by atoms with Crippen molar-refractivity contribution < 1.29 is 27.5 Å². The zero-order valence-corrected chi connectivity index (χ0v) is 28.1. The number of hydrogen-bond acceptors (Lipinski definition) is 7. The number of piperidine rings is 2. The van der Waals surface area contributed by atoms with Gasteiger partial charge in [0.15, 0.2) is 6.10 Å². The molecule has 0 radical (unpaired) electrons. The van der Waals surface area contributed by atoms with E-state index < -0.39 is 35.5 Å². The number of nitrogen functional groups attached to an aromatic ring is 1. The van der Waals surface area contributed by atoms with Gasteiger partial charge in [0.1, 0.15) is 0 Å². The van der Waals surface area contributed by atoms with Gasteiger partial charge in [0.25, 0.3) is 5.91 Å². The summed E-state index contributed by atoms with van der Waals surface area (Å²) >= 11 is 6.11. The number of para-hydroxylation sites is 2. The Kier molecular flexibility index (Phi) is 9.07. The van der Waals surface area contributed by atoms with Gasteiger partial charge >= 0.3 is 18.0 Å². The summed E-state index contributed by atoms with van der Waals surface area (Å²) in [5.41, 5.74) is 5.34. The van der Waals surface area contributed by atoms with Crippen LogP contribution < -0.4 is 11.4 Å². The van der Waals surface area contributed by atoms with Crippen molar-refractivity contribution in [2.45, 2.75) is 75.0 Å². The van der Waals surface area contributed by atoms with Crippen molar-refractivity contribution in [1.82, 2.24) is 29.2 Å². The van der Waals surface area contributed by atoms with Crippen molar-refractivity contribution in [3.63, 3.8) is 0 Å². The third-order valence-electron chi connectivity index (χ3n) is 10.9. The Labute approximate surface area is 286 Å². The highest BCUT2D eigenvalue weighted by Crippen LogP contribution is 2.39. The van der Waals surface area contributed by atoms with Crippen LogP contribution in [0.3, 0.4) is 0 Å². The number of nitrogens with two attached hydrogens (primary N) is 1. The number of nitrogens with zero attached hydrogens (tertiary/aromatic N) is 5. The van der Waals surface area contributed by atoms with Gasteiger partial charge in [-0.2, -0.15) is 13.2 Å². The molecule has 4 aliphatic rings. The number of rotatable bonds is 6. The molecule has 3 N–H and O–H groups in total. The Balaban J connectivity index is 1.05. The molecule has 1 aromatic heterocycles. The van der Waals surface area contributed by atoms with E-state index in [1.807, 2.05) is 24.3 Å². The molecule has 0 saturated carbocycles. The number of halogens is 4. The molecule has 7 rings (SSSR count). The molecule has 2 unspecified atom stereocenters. The third kappa shape index (κ3) is 6.62. The molecular formula is C34H41ClF3N7O4. The summed E-state index contributed by atoms with van der Waals surface area (Å²) in [5.74, 6) is -0.448. The van der Waals surface area contributed by atoms with E-state index in [-0.39, 0.29) is 41.8 Å². The SMILES string of the molecule is CN1CC2CC1CN2C1CCN(C(=O)[C@@H](Cc2cc(Cl)c(N)c(C(F)(F)F)c2)OC(=O)N2CCC(n3c(=O)[nH]c4ccccc43)CC2)CC1. The second-order valence-electron chi connectivity index (χ2n) is 13.9. The van der Waals surface area contributed by atoms with E-state index in [2.05, 4.69) is 21.8 Å². The first-order valence-corrected chi connectivity index (χ1v) is 17.3. The van der Waals surface area contributed by atoms with Crippen molar-refractivity contribution in [1.29, 1.82) is 0 Å². The molecule has 0 spiro atoms. The molecule has 15 heteroatoms. The minimum atomic E-state index is -4.76. The smallest absolute Gasteiger partial charge is 0.418 e. The van der Waals surface area contributed by atoms with Gasteiger partial charge < -0.3 is 30.2 Å². The summed E-state index contributed by atoms with van der Waals surface area (Å²) in [6, 6.07) is 10.9. The average molecular weight is 704 g/mol. The quantitative estimate of drug-likeness (QED) is 0.367. The Morgan fingerprint density at radius 2 is 1.65 bits per heavy atom. The van der Waals surface area contributed by atoms with Gasteiger partial charge in [-0.15, -0.1) is 0 Å². The summed E-state index contributed by atoms with van der Waals surface area (Å²) in [4.78, 5) is 51.3. The predicted molar refractivity (Wildman–Crippen MR) is 178 cm³/mol. The maximum Gasteiger partial charge on any atom is 0.418 e. The van der Waals surface area contributed by atoms with Crippen molar-refractivity contribution in [2.24, 2.45) is 0 Å². The molecule has 4 aliphatic heterocycles. The minimum absolute atomic E-state index is 0.0854. The molecule has 4 fully saturated rings. The largest absolute Gasteiger partial charge is 0.436 e. The van der Waals surface area contributed by atoms with Crippen molar-refractivity contribution in [3.8, 4) is 0 Å². The molecule has 49 heavy (non-hydrogen) atoms. The predicted octanol–water partition coefficient (Wildman–Crippen LogP) is 4.35. The molecule has 2 amide bonds. The number of hydrogen-bond donors (Lipinski definition) is 2. The molecule has 3 aromatic rings. The first-order valence-electron chi connectivity index (χ1n) is 16.9. The van der Waals surface area contributed by atoms with E-state index in [1.54, 1.807) is 9.47 Å². The number of likely N-dealkylation sites (N-methyl/N-ethyl adjacent to an activating group) is 1. The standard InChI is InChI=1S/C34H41ClF3N7O4/c1-41-18-24-17-23(41)19-44(24)21-6-10-42(11-7-21)31(46)29(16-20-14-25(34(36,37)38)30(39)26(35)15-20)49-33(48)43-12-8-22(9-13-43)45-28-5-3-2-4-27(28)40-32(45)47/h2-5,14-15,21-24,29H,6-13,16-19,39H2,1H3,(H,40,47)/t23?,24?,29-/m1/s1. The minimum Gasteiger partial charge on any atom is -0.436 e. The van der Waals surface area contributed by atoms with Gasteiger partial charge in [-0.25, -0.2) is 9.59 Å². The molecule has 2 aromatic carbocycles. The van der Waals surface area contributed by atoms with E-state index in [0.29, 0.717) is 44.1 Å². The number of imidazole rings is 1. The number of aromatic amines is 1. The van der Waals surface area contributed by atoms with Crippen LogP contribution in [0.1, 0.15) is 49.3 Å². The number of benzene rings is 2. The van der Waals surface area contributed by atoms with E-state index >= 15 is 0 Å². The van der Waals surface area contributed by atoms with Gasteiger partial charge in [-0.1, -0.05) is 23.7 Å². The molecular weight excluding hydrogens is 663 g/mol. The monoisotopic (exact) mass is 703 g/mol. The van der Waals surface area contributed by atoms with Gasteiger partial charge in [0.2, 0.25) is 0 Å². The normalized spacial score (nSPS) is 23.4. The second-order valence-corrected chi connectivity index (χ2v) is 14.3. The highest BCUT2D eigenvalue weighted by atomic mass is 35.5. The van der Waals surface area contributed by atoms with Gasteiger partial charge in [-0.3, -0.25) is 14.3 Å². The van der Waals surface area contributed by atoms with Crippen LogP contribution in [0.15, 0.2) is 41.2 Å². The van der Waals surface area contributed by atoms with Crippen LogP contribution in [-0.4, -0.2) is 112 Å². The lowest BCUT2D eigenvalue weighted by Crippen LogP contribution is -2.54. The van der Waals surface area contributed by atoms with Gasteiger partial charge in [0.05, 0.1) is 27.3 Å². The molecule has 5 heterocycles. The van der Waals surface area contributed by atoms with Crippen LogP contribution >= 0.6 is 11.6 Å². The van der Waals surface area contributed by atoms with Crippen molar-refractivity contribution >= 4 is 40.3 Å². The first-order chi connectivity index (χ1) is 23.4. The number of amides is 2. The Morgan fingerprint density at radius 3 is 2.31 bits per heavy atom. The number of carbonyl (C=O) groups excluding carboxylic acids is 2. The molecule has 264 valence electrons. The molecule has 2 bridgehead atoms. The van der Waals surface area contributed by atoms with Crippen molar-refractivity contribution in [2.75, 3.05) is 52.0 Å². The topological polar surface area (TPSA) is 120 Å². The summed E-state index contributed by atoms with van der Waals surface area (Å²) in [6.45, 7) is 3.54. The summed E-state index contributed by atoms with van der Waals surface area (Å²) in [6.07, 6.45) is -3.48. The average Bonchev–Trinajstić information content (AvgIpc) is 3.76. The zero-order valence-electron chi connectivity index (χ0n) is 27.3. The number of H-pyrrole nitrogens is 1. The van der Waals surface area contributed by atoms with Crippen LogP contribution in [0.4, 0.5) is 23.7 Å². The maximum atomic E-state index is 14.0. The molecule has 0 aliphatic carbocycles. The van der Waals surface area contributed by atoms with E-state index in [0.717, 1.165) is 49.5 Å². The molecule has 11 nitrogen and oxygen atoms in total. The summed E-state index contributed by atoms with van der Waals surface area (Å²) < 4.78 is 49.0. The fourth-order valence-electron chi connectivity index (χ4n) is 8.32. The summed E-state index contributed by atoms with van der Waals surface area (Å²) in [5, 5.41) is -0.289. The summed E-state index contributed by atoms with van der Waals surface area (Å²) in [7, 11) is 2.16. The number of likely N-dealkylation sites (tertiary alicyclic amines) is 4. The van der Waals surface area contributed by atoms with Gasteiger partial charge in [-0.05, 0) is 69.0 Å². The van der Waals surface area contributed by atoms with Crippen LogP contribution in [0.5, 0.6) is 0 Å².